The second kappa shape index (κ2) is 6.60. The third-order valence-electron chi connectivity index (χ3n) is 3.51. The summed E-state index contributed by atoms with van der Waals surface area (Å²) in [4.78, 5) is 24.7. The lowest BCUT2D eigenvalue weighted by Gasteiger charge is -2.12. The van der Waals surface area contributed by atoms with Gasteiger partial charge in [-0.3, -0.25) is 9.59 Å². The number of hydrogen-bond donors (Lipinski definition) is 2. The second-order valence-corrected chi connectivity index (χ2v) is 6.22. The van der Waals surface area contributed by atoms with Crippen LogP contribution in [0.2, 0.25) is 10.0 Å². The molecule has 23 heavy (non-hydrogen) atoms. The van der Waals surface area contributed by atoms with E-state index in [2.05, 4.69) is 10.6 Å². The van der Waals surface area contributed by atoms with Crippen molar-refractivity contribution in [2.45, 2.75) is 18.9 Å². The van der Waals surface area contributed by atoms with Gasteiger partial charge in [-0.05, 0) is 43.2 Å². The molecule has 4 nitrogen and oxygen atoms in total. The molecule has 1 fully saturated rings. The molecule has 0 aliphatic heterocycles. The monoisotopic (exact) mass is 348 g/mol. The van der Waals surface area contributed by atoms with E-state index in [4.69, 9.17) is 23.2 Å². The highest BCUT2D eigenvalue weighted by Crippen LogP contribution is 2.24. The van der Waals surface area contributed by atoms with Gasteiger partial charge >= 0.3 is 0 Å². The van der Waals surface area contributed by atoms with Gasteiger partial charge in [-0.1, -0.05) is 35.3 Å². The van der Waals surface area contributed by atoms with Crippen LogP contribution in [0, 0.1) is 0 Å². The van der Waals surface area contributed by atoms with Crippen LogP contribution < -0.4 is 10.6 Å². The first kappa shape index (κ1) is 15.8. The van der Waals surface area contributed by atoms with E-state index < -0.39 is 5.91 Å². The molecule has 6 heteroatoms. The summed E-state index contributed by atoms with van der Waals surface area (Å²) >= 11 is 11.9. The van der Waals surface area contributed by atoms with Gasteiger partial charge in [-0.15, -0.1) is 0 Å². The first-order valence-electron chi connectivity index (χ1n) is 7.21. The Kier molecular flexibility index (Phi) is 4.55. The SMILES string of the molecule is O=C(Nc1ccccc1C(=O)NC1CC1)c1cc(Cl)ccc1Cl. The molecule has 0 heterocycles. The molecule has 1 aliphatic rings. The van der Waals surface area contributed by atoms with Gasteiger partial charge in [-0.2, -0.15) is 0 Å². The number of hydrogen-bond acceptors (Lipinski definition) is 2. The molecule has 2 N–H and O–H groups in total. The van der Waals surface area contributed by atoms with E-state index in [1.165, 1.54) is 6.07 Å². The quantitative estimate of drug-likeness (QED) is 0.872. The van der Waals surface area contributed by atoms with E-state index in [1.807, 2.05) is 0 Å². The molecule has 0 saturated heterocycles. The van der Waals surface area contributed by atoms with Crippen LogP contribution in [-0.4, -0.2) is 17.9 Å². The van der Waals surface area contributed by atoms with Gasteiger partial charge in [0.2, 0.25) is 0 Å². The first-order chi connectivity index (χ1) is 11.0. The number of rotatable bonds is 4. The number of halogens is 2. The Morgan fingerprint density at radius 1 is 0.957 bits per heavy atom. The highest BCUT2D eigenvalue weighted by molar-refractivity contribution is 6.36. The summed E-state index contributed by atoms with van der Waals surface area (Å²) in [6.07, 6.45) is 2.00. The molecule has 0 aromatic heterocycles. The molecule has 1 aliphatic carbocycles. The summed E-state index contributed by atoms with van der Waals surface area (Å²) in [5.41, 5.74) is 1.12. The zero-order chi connectivity index (χ0) is 16.4. The van der Waals surface area contributed by atoms with Gasteiger partial charge in [0, 0.05) is 11.1 Å². The molecule has 0 atom stereocenters. The summed E-state index contributed by atoms with van der Waals surface area (Å²) in [7, 11) is 0. The number of carbonyl (C=O) groups excluding carboxylic acids is 2. The van der Waals surface area contributed by atoms with Crippen LogP contribution >= 0.6 is 23.2 Å². The lowest BCUT2D eigenvalue weighted by molar-refractivity contribution is 0.0952. The maximum absolute atomic E-state index is 12.4. The van der Waals surface area contributed by atoms with Crippen LogP contribution in [0.1, 0.15) is 33.6 Å². The standard InChI is InChI=1S/C17H14Cl2N2O2/c18-10-5-8-14(19)13(9-10)17(23)21-15-4-2-1-3-12(15)16(22)20-11-6-7-11/h1-5,8-9,11H,6-7H2,(H,20,22)(H,21,23). The average Bonchev–Trinajstić information content (AvgIpc) is 3.34. The lowest BCUT2D eigenvalue weighted by atomic mass is 10.1. The Hall–Kier alpha value is -2.04. The fourth-order valence-electron chi connectivity index (χ4n) is 2.14. The number of nitrogens with one attached hydrogen (secondary N) is 2. The van der Waals surface area contributed by atoms with E-state index in [1.54, 1.807) is 36.4 Å². The molecule has 2 amide bonds. The predicted octanol–water partition coefficient (Wildman–Crippen LogP) is 4.14. The van der Waals surface area contributed by atoms with Crippen molar-refractivity contribution in [2.75, 3.05) is 5.32 Å². The van der Waals surface area contributed by atoms with E-state index in [0.29, 0.717) is 21.3 Å². The van der Waals surface area contributed by atoms with Crippen molar-refractivity contribution in [2.24, 2.45) is 0 Å². The molecule has 2 aromatic carbocycles. The van der Waals surface area contributed by atoms with Gasteiger partial charge in [0.05, 0.1) is 21.8 Å². The predicted molar refractivity (Wildman–Crippen MR) is 91.3 cm³/mol. The normalized spacial score (nSPS) is 13.5. The van der Waals surface area contributed by atoms with Crippen molar-refractivity contribution in [1.82, 2.24) is 5.32 Å². The van der Waals surface area contributed by atoms with Gasteiger partial charge in [0.15, 0.2) is 0 Å². The van der Waals surface area contributed by atoms with Gasteiger partial charge in [0.25, 0.3) is 11.8 Å². The summed E-state index contributed by atoms with van der Waals surface area (Å²) in [6, 6.07) is 11.8. The number of benzene rings is 2. The Bertz CT molecular complexity index is 773. The highest BCUT2D eigenvalue weighted by Gasteiger charge is 2.25. The molecule has 0 radical (unpaired) electrons. The second-order valence-electron chi connectivity index (χ2n) is 5.37. The molecule has 0 spiro atoms. The van der Waals surface area contributed by atoms with E-state index in [-0.39, 0.29) is 17.5 Å². The molecular weight excluding hydrogens is 335 g/mol. The lowest BCUT2D eigenvalue weighted by Crippen LogP contribution is -2.27. The molecule has 3 rings (SSSR count). The fourth-order valence-corrected chi connectivity index (χ4v) is 2.52. The summed E-state index contributed by atoms with van der Waals surface area (Å²) in [5, 5.41) is 6.35. The minimum atomic E-state index is -0.413. The topological polar surface area (TPSA) is 58.2 Å². The van der Waals surface area contributed by atoms with Gasteiger partial charge < -0.3 is 10.6 Å². The number of anilines is 1. The zero-order valence-corrected chi connectivity index (χ0v) is 13.6. The molecular formula is C17H14Cl2N2O2. The van der Waals surface area contributed by atoms with Crippen LogP contribution in [0.5, 0.6) is 0 Å². The smallest absolute Gasteiger partial charge is 0.257 e. The van der Waals surface area contributed by atoms with Crippen molar-refractivity contribution in [3.8, 4) is 0 Å². The highest BCUT2D eigenvalue weighted by atomic mass is 35.5. The van der Waals surface area contributed by atoms with Gasteiger partial charge in [0.1, 0.15) is 0 Å². The van der Waals surface area contributed by atoms with Crippen molar-refractivity contribution < 1.29 is 9.59 Å². The molecule has 2 aromatic rings. The molecule has 0 unspecified atom stereocenters. The maximum Gasteiger partial charge on any atom is 0.257 e. The third kappa shape index (κ3) is 3.84. The fraction of sp³-hybridized carbons (Fsp3) is 0.176. The maximum atomic E-state index is 12.4. The Morgan fingerprint density at radius 3 is 2.43 bits per heavy atom. The van der Waals surface area contributed by atoms with Crippen LogP contribution in [0.4, 0.5) is 5.69 Å². The molecule has 118 valence electrons. The minimum absolute atomic E-state index is 0.194. The molecule has 0 bridgehead atoms. The molecule has 1 saturated carbocycles. The first-order valence-corrected chi connectivity index (χ1v) is 7.96. The Morgan fingerprint density at radius 2 is 1.70 bits per heavy atom. The van der Waals surface area contributed by atoms with Crippen molar-refractivity contribution in [3.05, 3.63) is 63.6 Å². The number of carbonyl (C=O) groups is 2. The van der Waals surface area contributed by atoms with Crippen LogP contribution in [0.15, 0.2) is 42.5 Å². The van der Waals surface area contributed by atoms with Gasteiger partial charge in [-0.25, -0.2) is 0 Å². The van der Waals surface area contributed by atoms with E-state index in [9.17, 15) is 9.59 Å². The number of amides is 2. The van der Waals surface area contributed by atoms with Crippen LogP contribution in [0.25, 0.3) is 0 Å². The van der Waals surface area contributed by atoms with Crippen molar-refractivity contribution in [1.29, 1.82) is 0 Å². The third-order valence-corrected chi connectivity index (χ3v) is 4.07. The summed E-state index contributed by atoms with van der Waals surface area (Å²) in [6.45, 7) is 0. The largest absolute Gasteiger partial charge is 0.349 e. The van der Waals surface area contributed by atoms with Crippen LogP contribution in [-0.2, 0) is 0 Å². The minimum Gasteiger partial charge on any atom is -0.349 e. The van der Waals surface area contributed by atoms with E-state index >= 15 is 0 Å². The van der Waals surface area contributed by atoms with E-state index in [0.717, 1.165) is 12.8 Å². The van der Waals surface area contributed by atoms with Crippen molar-refractivity contribution >= 4 is 40.7 Å². The summed E-state index contributed by atoms with van der Waals surface area (Å²) in [5.74, 6) is -0.607. The summed E-state index contributed by atoms with van der Waals surface area (Å²) < 4.78 is 0. The zero-order valence-electron chi connectivity index (χ0n) is 12.1. The van der Waals surface area contributed by atoms with Crippen molar-refractivity contribution in [3.63, 3.8) is 0 Å². The Balaban J connectivity index is 1.83. The van der Waals surface area contributed by atoms with Crippen LogP contribution in [0.3, 0.4) is 0 Å². The Labute approximate surface area is 143 Å². The average molecular weight is 349 g/mol. The number of para-hydroxylation sites is 1.